The van der Waals surface area contributed by atoms with Crippen molar-refractivity contribution >= 4 is 5.91 Å². The van der Waals surface area contributed by atoms with Gasteiger partial charge in [0, 0.05) is 6.42 Å². The molecular formula is C63H109NO3. The van der Waals surface area contributed by atoms with Gasteiger partial charge >= 0.3 is 0 Å². The van der Waals surface area contributed by atoms with E-state index < -0.39 is 12.1 Å². The van der Waals surface area contributed by atoms with Crippen molar-refractivity contribution < 1.29 is 15.0 Å². The Hall–Kier alpha value is -2.95. The normalized spacial score (nSPS) is 13.7. The smallest absolute Gasteiger partial charge is 0.220 e. The lowest BCUT2D eigenvalue weighted by Gasteiger charge is -2.22. The minimum atomic E-state index is -0.664. The number of aliphatic hydroxyl groups excluding tert-OH is 2. The first-order valence-electron chi connectivity index (χ1n) is 28.6. The van der Waals surface area contributed by atoms with Gasteiger partial charge in [-0.3, -0.25) is 4.79 Å². The monoisotopic (exact) mass is 928 g/mol. The molecule has 0 aliphatic rings. The van der Waals surface area contributed by atoms with Gasteiger partial charge in [-0.05, 0) is 83.5 Å². The van der Waals surface area contributed by atoms with Crippen molar-refractivity contribution in [2.75, 3.05) is 6.61 Å². The first kappa shape index (κ1) is 64.0. The van der Waals surface area contributed by atoms with Gasteiger partial charge in [-0.25, -0.2) is 0 Å². The zero-order valence-electron chi connectivity index (χ0n) is 44.1. The lowest BCUT2D eigenvalue weighted by molar-refractivity contribution is -0.123. The molecule has 4 heteroatoms. The van der Waals surface area contributed by atoms with Crippen LogP contribution in [0.4, 0.5) is 0 Å². The molecule has 0 saturated carbocycles. The highest BCUT2D eigenvalue weighted by molar-refractivity contribution is 5.76. The fourth-order valence-corrected chi connectivity index (χ4v) is 8.24. The molecule has 2 unspecified atom stereocenters. The van der Waals surface area contributed by atoms with Gasteiger partial charge in [0.15, 0.2) is 0 Å². The van der Waals surface area contributed by atoms with E-state index in [0.29, 0.717) is 12.8 Å². The van der Waals surface area contributed by atoms with Gasteiger partial charge in [-0.1, -0.05) is 284 Å². The van der Waals surface area contributed by atoms with Crippen LogP contribution in [0.2, 0.25) is 0 Å². The second-order valence-electron chi connectivity index (χ2n) is 19.0. The minimum Gasteiger partial charge on any atom is -0.394 e. The molecule has 0 aromatic carbocycles. The summed E-state index contributed by atoms with van der Waals surface area (Å²) in [5.74, 6) is -0.0354. The van der Waals surface area contributed by atoms with Gasteiger partial charge < -0.3 is 15.5 Å². The molecule has 0 radical (unpaired) electrons. The number of carbonyl (C=O) groups is 1. The molecule has 0 bridgehead atoms. The van der Waals surface area contributed by atoms with Crippen LogP contribution in [0, 0.1) is 0 Å². The molecular weight excluding hydrogens is 819 g/mol. The molecule has 0 rings (SSSR count). The number of nitrogens with one attached hydrogen (secondary N) is 1. The number of rotatable bonds is 51. The maximum absolute atomic E-state index is 12.5. The highest BCUT2D eigenvalue weighted by Gasteiger charge is 2.20. The molecule has 0 spiro atoms. The van der Waals surface area contributed by atoms with Crippen LogP contribution in [0.25, 0.3) is 0 Å². The van der Waals surface area contributed by atoms with E-state index in [1.807, 2.05) is 0 Å². The van der Waals surface area contributed by atoms with E-state index in [1.54, 1.807) is 0 Å². The Balaban J connectivity index is 3.53. The molecule has 0 aromatic heterocycles. The predicted octanol–water partition coefficient (Wildman–Crippen LogP) is 19.1. The van der Waals surface area contributed by atoms with E-state index in [1.165, 1.54) is 154 Å². The van der Waals surface area contributed by atoms with Gasteiger partial charge in [0.05, 0.1) is 18.8 Å². The summed E-state index contributed by atoms with van der Waals surface area (Å²) < 4.78 is 0. The third-order valence-electron chi connectivity index (χ3n) is 12.5. The first-order chi connectivity index (χ1) is 33.2. The molecule has 4 nitrogen and oxygen atoms in total. The maximum atomic E-state index is 12.5. The summed E-state index contributed by atoms with van der Waals surface area (Å²) in [5, 5.41) is 23.3. The molecule has 3 N–H and O–H groups in total. The maximum Gasteiger partial charge on any atom is 0.220 e. The highest BCUT2D eigenvalue weighted by atomic mass is 16.3. The summed E-state index contributed by atoms with van der Waals surface area (Å²) in [6.45, 7) is 4.24. The third kappa shape index (κ3) is 53.9. The molecule has 0 aliphatic carbocycles. The van der Waals surface area contributed by atoms with Crippen LogP contribution in [0.15, 0.2) is 109 Å². The zero-order chi connectivity index (χ0) is 48.5. The molecule has 0 fully saturated rings. The number of aliphatic hydroxyl groups is 2. The van der Waals surface area contributed by atoms with Gasteiger partial charge in [0.25, 0.3) is 0 Å². The van der Waals surface area contributed by atoms with Crippen molar-refractivity contribution in [1.29, 1.82) is 0 Å². The Bertz CT molecular complexity index is 1280. The minimum absolute atomic E-state index is 0.0354. The summed E-state index contributed by atoms with van der Waals surface area (Å²) in [7, 11) is 0. The lowest BCUT2D eigenvalue weighted by Crippen LogP contribution is -2.45. The molecule has 67 heavy (non-hydrogen) atoms. The zero-order valence-corrected chi connectivity index (χ0v) is 44.1. The molecule has 2 atom stereocenters. The second-order valence-corrected chi connectivity index (χ2v) is 19.0. The van der Waals surface area contributed by atoms with Crippen molar-refractivity contribution in [3.63, 3.8) is 0 Å². The van der Waals surface area contributed by atoms with E-state index in [0.717, 1.165) is 83.5 Å². The fraction of sp³-hybridized carbons (Fsp3) is 0.698. The van der Waals surface area contributed by atoms with Gasteiger partial charge in [-0.15, -0.1) is 0 Å². The van der Waals surface area contributed by atoms with Crippen LogP contribution < -0.4 is 5.32 Å². The topological polar surface area (TPSA) is 69.6 Å². The Morgan fingerprint density at radius 1 is 0.373 bits per heavy atom. The Kier molecular flexibility index (Phi) is 54.8. The summed E-state index contributed by atoms with van der Waals surface area (Å²) in [6.07, 6.45) is 86.4. The average Bonchev–Trinajstić information content (AvgIpc) is 3.33. The van der Waals surface area contributed by atoms with Crippen molar-refractivity contribution in [1.82, 2.24) is 5.32 Å². The van der Waals surface area contributed by atoms with E-state index in [9.17, 15) is 15.0 Å². The summed E-state index contributed by atoms with van der Waals surface area (Å²) in [6, 6.07) is -0.542. The predicted molar refractivity (Wildman–Crippen MR) is 299 cm³/mol. The molecule has 0 saturated heterocycles. The van der Waals surface area contributed by atoms with Crippen LogP contribution in [0.3, 0.4) is 0 Å². The van der Waals surface area contributed by atoms with Crippen LogP contribution in [-0.2, 0) is 4.79 Å². The first-order valence-corrected chi connectivity index (χ1v) is 28.6. The second kappa shape index (κ2) is 57.4. The van der Waals surface area contributed by atoms with E-state index in [-0.39, 0.29) is 12.5 Å². The molecule has 0 aromatic rings. The standard InChI is InChI=1S/C63H109NO3/c1-3-5-7-9-11-13-15-17-19-20-21-22-23-24-25-26-27-28-29-30-31-32-33-34-35-36-37-38-39-40-41-42-43-44-45-47-49-51-53-55-57-59-63(67)64-61(60-65)62(66)58-56-54-52-50-48-46-18-16-14-12-10-8-6-4-2/h5,7,11,13,17,19,21-22,24-25,27-28,30-31,33-34,36-37,61-62,65-66H,3-4,6,8-10,12,14-16,18,20,23,26,29,32,35,38-60H2,1-2H3,(H,64,67)/b7-5-,13-11-,19-17-,22-21-,25-24-,28-27-,31-30-,34-33-,37-36-. The molecule has 0 heterocycles. The number of hydrogen-bond acceptors (Lipinski definition) is 3. The van der Waals surface area contributed by atoms with E-state index in [4.69, 9.17) is 0 Å². The van der Waals surface area contributed by atoms with Crippen LogP contribution in [0.1, 0.15) is 264 Å². The average molecular weight is 929 g/mol. The highest BCUT2D eigenvalue weighted by Crippen LogP contribution is 2.16. The molecule has 0 aliphatic heterocycles. The lowest BCUT2D eigenvalue weighted by atomic mass is 10.0. The fourth-order valence-electron chi connectivity index (χ4n) is 8.24. The number of allylic oxidation sites excluding steroid dienone is 18. The summed E-state index contributed by atoms with van der Waals surface area (Å²) in [4.78, 5) is 12.5. The summed E-state index contributed by atoms with van der Waals surface area (Å²) >= 11 is 0. The largest absolute Gasteiger partial charge is 0.394 e. The van der Waals surface area contributed by atoms with E-state index in [2.05, 4.69) is 129 Å². The molecule has 1 amide bonds. The van der Waals surface area contributed by atoms with Crippen molar-refractivity contribution in [3.8, 4) is 0 Å². The summed E-state index contributed by atoms with van der Waals surface area (Å²) in [5.41, 5.74) is 0. The number of unbranched alkanes of at least 4 members (excludes halogenated alkanes) is 26. The molecule has 384 valence electrons. The number of carbonyl (C=O) groups excluding carboxylic acids is 1. The third-order valence-corrected chi connectivity index (χ3v) is 12.5. The van der Waals surface area contributed by atoms with Crippen LogP contribution in [-0.4, -0.2) is 34.9 Å². The Morgan fingerprint density at radius 2 is 0.657 bits per heavy atom. The van der Waals surface area contributed by atoms with Gasteiger partial charge in [-0.2, -0.15) is 0 Å². The van der Waals surface area contributed by atoms with Crippen LogP contribution >= 0.6 is 0 Å². The Morgan fingerprint density at radius 3 is 0.985 bits per heavy atom. The van der Waals surface area contributed by atoms with Gasteiger partial charge in [0.2, 0.25) is 5.91 Å². The quantitative estimate of drug-likeness (QED) is 0.0420. The van der Waals surface area contributed by atoms with Crippen LogP contribution in [0.5, 0.6) is 0 Å². The number of hydrogen-bond donors (Lipinski definition) is 3. The van der Waals surface area contributed by atoms with Gasteiger partial charge in [0.1, 0.15) is 0 Å². The van der Waals surface area contributed by atoms with E-state index >= 15 is 0 Å². The van der Waals surface area contributed by atoms with Crippen molar-refractivity contribution in [3.05, 3.63) is 109 Å². The van der Waals surface area contributed by atoms with Crippen molar-refractivity contribution in [2.24, 2.45) is 0 Å². The number of amides is 1. The van der Waals surface area contributed by atoms with Crippen molar-refractivity contribution in [2.45, 2.75) is 276 Å². The Labute approximate surface area is 416 Å². The SMILES string of the molecule is CC/C=C\C/C=C\C/C=C\C/C=C\C/C=C\C/C=C\C/C=C\C/C=C\C/C=C\CCCCCCCCCCCCCCCC(=O)NC(CO)C(O)CCCCCCCCCCCCCCCC.